The van der Waals surface area contributed by atoms with Crippen LogP contribution >= 0.6 is 0 Å². The molecule has 0 aliphatic carbocycles. The molecule has 1 saturated heterocycles. The monoisotopic (exact) mass is 160 g/mol. The van der Waals surface area contributed by atoms with Gasteiger partial charge in [0.25, 0.3) is 0 Å². The highest BCUT2D eigenvalue weighted by molar-refractivity contribution is 5.72. The smallest absolute Gasteiger partial charge is 0.332 e. The molecular formula is C7H12O4. The lowest BCUT2D eigenvalue weighted by atomic mass is 9.97. The maximum Gasteiger partial charge on any atom is 0.332 e. The lowest BCUT2D eigenvalue weighted by Gasteiger charge is -2.28. The predicted molar refractivity (Wildman–Crippen MR) is 37.2 cm³/mol. The number of carboxylic acid groups (broad SMARTS) is 1. The fourth-order valence-electron chi connectivity index (χ4n) is 1.07. The number of aliphatic hydroxyl groups is 1. The zero-order valence-electron chi connectivity index (χ0n) is 6.36. The summed E-state index contributed by atoms with van der Waals surface area (Å²) in [7, 11) is 0. The second-order valence-electron chi connectivity index (χ2n) is 2.94. The van der Waals surface area contributed by atoms with Crippen molar-refractivity contribution in [2.45, 2.75) is 25.6 Å². The third-order valence-electron chi connectivity index (χ3n) is 1.95. The van der Waals surface area contributed by atoms with Crippen LogP contribution in [0.2, 0.25) is 0 Å². The highest BCUT2D eigenvalue weighted by Gasteiger charge is 2.30. The Morgan fingerprint density at radius 1 is 1.64 bits per heavy atom. The molecule has 0 saturated carbocycles. The fourth-order valence-corrected chi connectivity index (χ4v) is 1.07. The van der Waals surface area contributed by atoms with E-state index in [-0.39, 0.29) is 12.3 Å². The Labute approximate surface area is 64.8 Å². The van der Waals surface area contributed by atoms with Crippen LogP contribution in [0.5, 0.6) is 0 Å². The summed E-state index contributed by atoms with van der Waals surface area (Å²) in [5, 5.41) is 17.8. The van der Waals surface area contributed by atoms with Gasteiger partial charge in [0.05, 0.1) is 12.7 Å². The number of carboxylic acids is 1. The van der Waals surface area contributed by atoms with E-state index in [9.17, 15) is 9.90 Å². The summed E-state index contributed by atoms with van der Waals surface area (Å²) in [6.45, 7) is 2.17. The van der Waals surface area contributed by atoms with Gasteiger partial charge in [-0.15, -0.1) is 0 Å². The molecule has 0 bridgehead atoms. The maximum atomic E-state index is 10.4. The molecule has 0 radical (unpaired) electrons. The first-order chi connectivity index (χ1) is 5.11. The van der Waals surface area contributed by atoms with Crippen molar-refractivity contribution in [3.8, 4) is 0 Å². The first-order valence-corrected chi connectivity index (χ1v) is 3.63. The molecule has 0 aromatic heterocycles. The molecule has 0 aromatic rings. The SMILES string of the molecule is CC1COC(C(=O)O)C[C@H]1O. The second kappa shape index (κ2) is 3.19. The summed E-state index contributed by atoms with van der Waals surface area (Å²) in [6.07, 6.45) is -1.15. The van der Waals surface area contributed by atoms with Crippen molar-refractivity contribution < 1.29 is 19.7 Å². The molecule has 3 atom stereocenters. The summed E-state index contributed by atoms with van der Waals surface area (Å²) in [6, 6.07) is 0. The van der Waals surface area contributed by atoms with Gasteiger partial charge in [-0.2, -0.15) is 0 Å². The standard InChI is InChI=1S/C7H12O4/c1-4-3-11-6(7(9)10)2-5(4)8/h4-6,8H,2-3H2,1H3,(H,9,10)/t4?,5-,6?/m1/s1. The molecule has 2 unspecified atom stereocenters. The predicted octanol–water partition coefficient (Wildman–Crippen LogP) is -0.143. The Morgan fingerprint density at radius 3 is 2.73 bits per heavy atom. The molecule has 1 aliphatic heterocycles. The first-order valence-electron chi connectivity index (χ1n) is 3.63. The number of hydrogen-bond acceptors (Lipinski definition) is 3. The van der Waals surface area contributed by atoms with Gasteiger partial charge in [0.15, 0.2) is 6.10 Å². The maximum absolute atomic E-state index is 10.4. The van der Waals surface area contributed by atoms with Gasteiger partial charge in [-0.1, -0.05) is 6.92 Å². The summed E-state index contributed by atoms with van der Waals surface area (Å²) in [5.74, 6) is -0.943. The minimum Gasteiger partial charge on any atom is -0.479 e. The molecular weight excluding hydrogens is 148 g/mol. The van der Waals surface area contributed by atoms with E-state index in [2.05, 4.69) is 0 Å². The average molecular weight is 160 g/mol. The number of rotatable bonds is 1. The Morgan fingerprint density at radius 2 is 2.27 bits per heavy atom. The quantitative estimate of drug-likeness (QED) is 0.560. The molecule has 2 N–H and O–H groups in total. The third kappa shape index (κ3) is 1.91. The van der Waals surface area contributed by atoms with E-state index in [4.69, 9.17) is 9.84 Å². The average Bonchev–Trinajstić information content (AvgIpc) is 1.94. The van der Waals surface area contributed by atoms with Crippen LogP contribution in [0.15, 0.2) is 0 Å². The van der Waals surface area contributed by atoms with Crippen LogP contribution in [-0.4, -0.2) is 35.0 Å². The van der Waals surface area contributed by atoms with Crippen molar-refractivity contribution in [1.82, 2.24) is 0 Å². The van der Waals surface area contributed by atoms with Gasteiger partial charge in [0.2, 0.25) is 0 Å². The minimum atomic E-state index is -0.990. The zero-order valence-corrected chi connectivity index (χ0v) is 6.36. The van der Waals surface area contributed by atoms with Gasteiger partial charge in [-0.25, -0.2) is 4.79 Å². The van der Waals surface area contributed by atoms with Gasteiger partial charge in [-0.3, -0.25) is 0 Å². The number of hydrogen-bond donors (Lipinski definition) is 2. The van der Waals surface area contributed by atoms with E-state index < -0.39 is 18.2 Å². The Kier molecular flexibility index (Phi) is 2.46. The van der Waals surface area contributed by atoms with E-state index in [0.29, 0.717) is 6.61 Å². The van der Waals surface area contributed by atoms with E-state index in [0.717, 1.165) is 0 Å². The Balaban J connectivity index is 2.46. The van der Waals surface area contributed by atoms with Crippen molar-refractivity contribution >= 4 is 5.97 Å². The van der Waals surface area contributed by atoms with Crippen LogP contribution in [-0.2, 0) is 9.53 Å². The number of aliphatic hydroxyl groups excluding tert-OH is 1. The van der Waals surface area contributed by atoms with Crippen LogP contribution in [0, 0.1) is 5.92 Å². The molecule has 1 heterocycles. The molecule has 0 aromatic carbocycles. The zero-order chi connectivity index (χ0) is 8.43. The molecule has 64 valence electrons. The number of aliphatic carboxylic acids is 1. The second-order valence-corrected chi connectivity index (χ2v) is 2.94. The first kappa shape index (κ1) is 8.49. The molecule has 4 nitrogen and oxygen atoms in total. The molecule has 1 aliphatic rings. The highest BCUT2D eigenvalue weighted by atomic mass is 16.5. The highest BCUT2D eigenvalue weighted by Crippen LogP contribution is 2.18. The van der Waals surface area contributed by atoms with Gasteiger partial charge >= 0.3 is 5.97 Å². The molecule has 0 amide bonds. The minimum absolute atomic E-state index is 0.0469. The molecule has 4 heteroatoms. The van der Waals surface area contributed by atoms with Crippen LogP contribution in [0.25, 0.3) is 0 Å². The Bertz CT molecular complexity index is 157. The molecule has 1 fully saturated rings. The van der Waals surface area contributed by atoms with E-state index in [1.165, 1.54) is 0 Å². The summed E-state index contributed by atoms with van der Waals surface area (Å²) in [4.78, 5) is 10.4. The summed E-state index contributed by atoms with van der Waals surface area (Å²) < 4.78 is 4.96. The van der Waals surface area contributed by atoms with E-state index in [1.807, 2.05) is 6.92 Å². The van der Waals surface area contributed by atoms with Gasteiger partial charge < -0.3 is 14.9 Å². The van der Waals surface area contributed by atoms with E-state index >= 15 is 0 Å². The summed E-state index contributed by atoms with van der Waals surface area (Å²) in [5.41, 5.74) is 0. The van der Waals surface area contributed by atoms with Crippen LogP contribution in [0.4, 0.5) is 0 Å². The van der Waals surface area contributed by atoms with Gasteiger partial charge in [-0.05, 0) is 0 Å². The topological polar surface area (TPSA) is 66.8 Å². The molecule has 0 spiro atoms. The molecule has 11 heavy (non-hydrogen) atoms. The lowest BCUT2D eigenvalue weighted by Crippen LogP contribution is -2.39. The van der Waals surface area contributed by atoms with E-state index in [1.54, 1.807) is 0 Å². The van der Waals surface area contributed by atoms with Crippen LogP contribution in [0.3, 0.4) is 0 Å². The van der Waals surface area contributed by atoms with Crippen LogP contribution in [0.1, 0.15) is 13.3 Å². The van der Waals surface area contributed by atoms with Crippen molar-refractivity contribution in [2.75, 3.05) is 6.61 Å². The van der Waals surface area contributed by atoms with Crippen molar-refractivity contribution in [3.05, 3.63) is 0 Å². The number of ether oxygens (including phenoxy) is 1. The normalized spacial score (nSPS) is 38.5. The largest absolute Gasteiger partial charge is 0.479 e. The van der Waals surface area contributed by atoms with Gasteiger partial charge in [0, 0.05) is 12.3 Å². The number of carbonyl (C=O) groups is 1. The summed E-state index contributed by atoms with van der Waals surface area (Å²) >= 11 is 0. The van der Waals surface area contributed by atoms with Crippen molar-refractivity contribution in [3.63, 3.8) is 0 Å². The molecule has 1 rings (SSSR count). The van der Waals surface area contributed by atoms with Gasteiger partial charge in [0.1, 0.15) is 0 Å². The third-order valence-corrected chi connectivity index (χ3v) is 1.95. The van der Waals surface area contributed by atoms with Crippen molar-refractivity contribution in [2.24, 2.45) is 5.92 Å². The lowest BCUT2D eigenvalue weighted by molar-refractivity contribution is -0.161. The van der Waals surface area contributed by atoms with Crippen LogP contribution < -0.4 is 0 Å². The Hall–Kier alpha value is -0.610. The van der Waals surface area contributed by atoms with Crippen molar-refractivity contribution in [1.29, 1.82) is 0 Å². The fraction of sp³-hybridized carbons (Fsp3) is 0.857.